The average molecular weight is 355 g/mol. The minimum Gasteiger partial charge on any atom is -0.363 e. The van der Waals surface area contributed by atoms with E-state index in [4.69, 9.17) is 5.73 Å². The van der Waals surface area contributed by atoms with Gasteiger partial charge in [-0.05, 0) is 55.0 Å². The van der Waals surface area contributed by atoms with Crippen LogP contribution in [0.1, 0.15) is 18.5 Å². The van der Waals surface area contributed by atoms with Crippen molar-refractivity contribution in [3.63, 3.8) is 0 Å². The van der Waals surface area contributed by atoms with E-state index in [0.717, 1.165) is 15.7 Å². The lowest BCUT2D eigenvalue weighted by Gasteiger charge is -2.33. The zero-order chi connectivity index (χ0) is 15.4. The summed E-state index contributed by atoms with van der Waals surface area (Å²) in [4.78, 5) is 2.03. The summed E-state index contributed by atoms with van der Waals surface area (Å²) in [7, 11) is 0. The van der Waals surface area contributed by atoms with Crippen molar-refractivity contribution in [2.75, 3.05) is 18.0 Å². The highest BCUT2D eigenvalue weighted by molar-refractivity contribution is 9.10. The Morgan fingerprint density at radius 3 is 2.29 bits per heavy atom. The molecule has 0 radical (unpaired) electrons. The molecule has 0 bridgehead atoms. The van der Waals surface area contributed by atoms with Crippen LogP contribution in [-0.4, -0.2) is 13.1 Å². The van der Waals surface area contributed by atoms with Crippen molar-refractivity contribution in [1.29, 1.82) is 0 Å². The van der Waals surface area contributed by atoms with E-state index in [2.05, 4.69) is 15.9 Å². The van der Waals surface area contributed by atoms with E-state index in [0.29, 0.717) is 13.1 Å². The van der Waals surface area contributed by atoms with Crippen molar-refractivity contribution in [2.45, 2.75) is 13.0 Å². The van der Waals surface area contributed by atoms with Crippen molar-refractivity contribution >= 4 is 21.6 Å². The monoisotopic (exact) mass is 354 g/mol. The van der Waals surface area contributed by atoms with Crippen LogP contribution in [0.2, 0.25) is 0 Å². The number of anilines is 1. The molecule has 0 saturated heterocycles. The Morgan fingerprint density at radius 2 is 1.71 bits per heavy atom. The van der Waals surface area contributed by atoms with E-state index in [1.54, 1.807) is 18.2 Å². The Labute approximate surface area is 131 Å². The van der Waals surface area contributed by atoms with Gasteiger partial charge in [-0.1, -0.05) is 15.9 Å². The summed E-state index contributed by atoms with van der Waals surface area (Å²) in [6, 6.07) is 10.6. The molecular formula is C16H17BrF2N2. The zero-order valence-corrected chi connectivity index (χ0v) is 13.3. The Bertz CT molecular complexity index is 602. The molecule has 2 rings (SSSR count). The summed E-state index contributed by atoms with van der Waals surface area (Å²) >= 11 is 3.44. The Kier molecular flexibility index (Phi) is 5.31. The fraction of sp³-hybridized carbons (Fsp3) is 0.250. The number of nitrogens with two attached hydrogens (primary N) is 1. The molecule has 0 amide bonds. The maximum atomic E-state index is 13.5. The molecule has 2 nitrogen and oxygen atoms in total. The first-order valence-electron chi connectivity index (χ1n) is 6.74. The van der Waals surface area contributed by atoms with Crippen LogP contribution in [0.4, 0.5) is 14.5 Å². The van der Waals surface area contributed by atoms with Crippen molar-refractivity contribution < 1.29 is 8.78 Å². The van der Waals surface area contributed by atoms with Gasteiger partial charge >= 0.3 is 0 Å². The van der Waals surface area contributed by atoms with Crippen LogP contribution >= 0.6 is 15.9 Å². The number of hydrogen-bond donors (Lipinski definition) is 1. The van der Waals surface area contributed by atoms with Crippen molar-refractivity contribution in [2.24, 2.45) is 5.73 Å². The zero-order valence-electron chi connectivity index (χ0n) is 11.7. The molecule has 0 spiro atoms. The van der Waals surface area contributed by atoms with E-state index < -0.39 is 0 Å². The number of hydrogen-bond acceptors (Lipinski definition) is 2. The average Bonchev–Trinajstić information content (AvgIpc) is 2.49. The van der Waals surface area contributed by atoms with Gasteiger partial charge in [-0.15, -0.1) is 0 Å². The lowest BCUT2D eigenvalue weighted by molar-refractivity contribution is 0.604. The Hall–Kier alpha value is -1.46. The molecule has 0 aromatic heterocycles. The maximum Gasteiger partial charge on any atom is 0.123 e. The predicted octanol–water partition coefficient (Wildman–Crippen LogP) is 4.25. The van der Waals surface area contributed by atoms with Gasteiger partial charge in [0, 0.05) is 23.2 Å². The SMILES string of the molecule is CCN(c1ccc(F)cc1)C(CN)c1cc(F)ccc1Br. The summed E-state index contributed by atoms with van der Waals surface area (Å²) < 4.78 is 27.4. The van der Waals surface area contributed by atoms with E-state index in [9.17, 15) is 8.78 Å². The molecule has 0 fully saturated rings. The summed E-state index contributed by atoms with van der Waals surface area (Å²) in [6.45, 7) is 2.99. The summed E-state index contributed by atoms with van der Waals surface area (Å²) in [5.74, 6) is -0.590. The standard InChI is InChI=1S/C16H17BrF2N2/c1-2-21(13-6-3-11(18)4-7-13)16(10-20)14-9-12(19)5-8-15(14)17/h3-9,16H,2,10,20H2,1H3. The van der Waals surface area contributed by atoms with Gasteiger partial charge in [-0.25, -0.2) is 8.78 Å². The fourth-order valence-electron chi connectivity index (χ4n) is 2.41. The van der Waals surface area contributed by atoms with Gasteiger partial charge in [0.1, 0.15) is 11.6 Å². The second-order valence-electron chi connectivity index (χ2n) is 4.68. The molecule has 0 aliphatic carbocycles. The molecule has 2 aromatic rings. The predicted molar refractivity (Wildman–Crippen MR) is 85.3 cm³/mol. The summed E-state index contributed by atoms with van der Waals surface area (Å²) in [6.07, 6.45) is 0. The van der Waals surface area contributed by atoms with E-state index in [1.807, 2.05) is 11.8 Å². The van der Waals surface area contributed by atoms with Gasteiger partial charge in [-0.2, -0.15) is 0 Å². The number of halogens is 3. The molecule has 2 aromatic carbocycles. The van der Waals surface area contributed by atoms with Gasteiger partial charge in [0.05, 0.1) is 6.04 Å². The summed E-state index contributed by atoms with van der Waals surface area (Å²) in [5, 5.41) is 0. The van der Waals surface area contributed by atoms with Gasteiger partial charge in [0.15, 0.2) is 0 Å². The first-order valence-corrected chi connectivity index (χ1v) is 7.53. The van der Waals surface area contributed by atoms with Crippen LogP contribution < -0.4 is 10.6 Å². The number of benzene rings is 2. The minimum absolute atomic E-state index is 0.189. The largest absolute Gasteiger partial charge is 0.363 e. The summed E-state index contributed by atoms with van der Waals surface area (Å²) in [5.41, 5.74) is 7.54. The van der Waals surface area contributed by atoms with E-state index >= 15 is 0 Å². The second kappa shape index (κ2) is 7.00. The van der Waals surface area contributed by atoms with E-state index in [1.165, 1.54) is 24.3 Å². The quantitative estimate of drug-likeness (QED) is 0.869. The molecule has 112 valence electrons. The van der Waals surface area contributed by atoms with Crippen LogP contribution in [0.15, 0.2) is 46.9 Å². The normalized spacial score (nSPS) is 12.2. The topological polar surface area (TPSA) is 29.3 Å². The first-order chi connectivity index (χ1) is 10.1. The van der Waals surface area contributed by atoms with Crippen LogP contribution in [0.3, 0.4) is 0 Å². The smallest absolute Gasteiger partial charge is 0.123 e. The molecule has 0 aliphatic rings. The van der Waals surface area contributed by atoms with Crippen LogP contribution in [-0.2, 0) is 0 Å². The van der Waals surface area contributed by atoms with Crippen LogP contribution in [0.25, 0.3) is 0 Å². The van der Waals surface area contributed by atoms with Crippen molar-refractivity contribution in [3.8, 4) is 0 Å². The van der Waals surface area contributed by atoms with Gasteiger partial charge in [0.2, 0.25) is 0 Å². The highest BCUT2D eigenvalue weighted by atomic mass is 79.9. The molecule has 0 aliphatic heterocycles. The third kappa shape index (κ3) is 3.60. The van der Waals surface area contributed by atoms with Crippen LogP contribution in [0.5, 0.6) is 0 Å². The van der Waals surface area contributed by atoms with Crippen LogP contribution in [0, 0.1) is 11.6 Å². The van der Waals surface area contributed by atoms with Crippen molar-refractivity contribution in [3.05, 3.63) is 64.1 Å². The molecule has 0 saturated carbocycles. The fourth-order valence-corrected chi connectivity index (χ4v) is 2.92. The Morgan fingerprint density at radius 1 is 1.10 bits per heavy atom. The third-order valence-corrected chi connectivity index (χ3v) is 4.14. The number of likely N-dealkylation sites (N-methyl/N-ethyl adjacent to an activating group) is 1. The minimum atomic E-state index is -0.304. The highest BCUT2D eigenvalue weighted by Crippen LogP contribution is 2.31. The van der Waals surface area contributed by atoms with Crippen molar-refractivity contribution in [1.82, 2.24) is 0 Å². The van der Waals surface area contributed by atoms with Gasteiger partial charge < -0.3 is 10.6 Å². The Balaban J connectivity index is 2.42. The van der Waals surface area contributed by atoms with Gasteiger partial charge in [-0.3, -0.25) is 0 Å². The van der Waals surface area contributed by atoms with Gasteiger partial charge in [0.25, 0.3) is 0 Å². The highest BCUT2D eigenvalue weighted by Gasteiger charge is 2.21. The maximum absolute atomic E-state index is 13.5. The molecule has 1 atom stereocenters. The molecular weight excluding hydrogens is 338 g/mol. The van der Waals surface area contributed by atoms with E-state index in [-0.39, 0.29) is 17.7 Å². The molecule has 21 heavy (non-hydrogen) atoms. The molecule has 5 heteroatoms. The molecule has 1 unspecified atom stereocenters. The third-order valence-electron chi connectivity index (χ3n) is 3.42. The second-order valence-corrected chi connectivity index (χ2v) is 5.53. The molecule has 2 N–H and O–H groups in total. The number of nitrogens with zero attached hydrogens (tertiary/aromatic N) is 1. The lowest BCUT2D eigenvalue weighted by atomic mass is 10.0. The first kappa shape index (κ1) is 15.9. The number of rotatable bonds is 5. The molecule has 0 heterocycles. The lowest BCUT2D eigenvalue weighted by Crippen LogP contribution is -2.34.